The van der Waals surface area contributed by atoms with E-state index in [2.05, 4.69) is 0 Å². The van der Waals surface area contributed by atoms with Crippen LogP contribution in [0.3, 0.4) is 0 Å². The third-order valence-corrected chi connectivity index (χ3v) is 4.84. The van der Waals surface area contributed by atoms with Crippen LogP contribution in [0.5, 0.6) is 0 Å². The van der Waals surface area contributed by atoms with E-state index in [1.165, 1.54) is 21.0 Å². The lowest BCUT2D eigenvalue weighted by atomic mass is 9.75. The van der Waals surface area contributed by atoms with Crippen molar-refractivity contribution in [2.24, 2.45) is 5.41 Å². The first-order chi connectivity index (χ1) is 13.8. The van der Waals surface area contributed by atoms with Crippen LogP contribution in [0.1, 0.15) is 65.0 Å². The van der Waals surface area contributed by atoms with Crippen LogP contribution in [0.2, 0.25) is 0 Å². The van der Waals surface area contributed by atoms with Gasteiger partial charge in [-0.2, -0.15) is 0 Å². The number of Topliss-reactive ketones (excluding diaryl/α,β-unsaturated/α-hetero) is 1. The van der Waals surface area contributed by atoms with Crippen molar-refractivity contribution in [3.05, 3.63) is 35.4 Å². The van der Waals surface area contributed by atoms with Gasteiger partial charge in [0.05, 0.1) is 19.6 Å². The molecule has 0 radical (unpaired) electrons. The molecule has 1 rings (SSSR count). The lowest BCUT2D eigenvalue weighted by Crippen LogP contribution is -2.45. The smallest absolute Gasteiger partial charge is 0.320 e. The molecule has 0 aliphatic heterocycles. The summed E-state index contributed by atoms with van der Waals surface area (Å²) in [6.07, 6.45) is 0.0997. The first-order valence-corrected chi connectivity index (χ1v) is 9.87. The van der Waals surface area contributed by atoms with E-state index in [1.54, 1.807) is 52.0 Å². The Morgan fingerprint density at radius 2 is 1.57 bits per heavy atom. The van der Waals surface area contributed by atoms with Crippen molar-refractivity contribution in [3.8, 4) is 0 Å². The van der Waals surface area contributed by atoms with E-state index < -0.39 is 28.9 Å². The van der Waals surface area contributed by atoms with Crippen LogP contribution in [0.25, 0.3) is 0 Å². The Morgan fingerprint density at radius 3 is 2.00 bits per heavy atom. The molecule has 0 heterocycles. The zero-order valence-corrected chi connectivity index (χ0v) is 18.9. The molecule has 0 amide bonds. The molecule has 0 aliphatic rings. The number of ketones is 1. The first-order valence-electron chi connectivity index (χ1n) is 9.87. The van der Waals surface area contributed by atoms with E-state index in [4.69, 9.17) is 14.2 Å². The topological polar surface area (TPSA) is 96.0 Å². The van der Waals surface area contributed by atoms with Gasteiger partial charge in [0, 0.05) is 13.3 Å². The summed E-state index contributed by atoms with van der Waals surface area (Å²) in [5, 5.41) is 0. The van der Waals surface area contributed by atoms with Crippen molar-refractivity contribution in [2.45, 2.75) is 65.9 Å². The Labute approximate surface area is 178 Å². The van der Waals surface area contributed by atoms with Crippen LogP contribution in [-0.2, 0) is 39.8 Å². The van der Waals surface area contributed by atoms with Gasteiger partial charge in [-0.05, 0) is 52.2 Å². The van der Waals surface area contributed by atoms with E-state index in [0.717, 1.165) is 11.1 Å². The summed E-state index contributed by atoms with van der Waals surface area (Å²) < 4.78 is 15.3. The fourth-order valence-corrected chi connectivity index (χ4v) is 3.04. The average molecular weight is 421 g/mol. The quantitative estimate of drug-likeness (QED) is 0.343. The van der Waals surface area contributed by atoms with E-state index in [9.17, 15) is 19.2 Å². The Balaban J connectivity index is 3.23. The summed E-state index contributed by atoms with van der Waals surface area (Å²) in [7, 11) is 1.33. The molecule has 1 aromatic carbocycles. The molecule has 7 heteroatoms. The third kappa shape index (κ3) is 6.97. The van der Waals surface area contributed by atoms with Crippen LogP contribution in [0.15, 0.2) is 24.3 Å². The molecule has 0 N–H and O–H groups in total. The summed E-state index contributed by atoms with van der Waals surface area (Å²) in [6.45, 7) is 9.45. The number of hydrogen-bond donors (Lipinski definition) is 0. The Bertz CT molecular complexity index is 774. The molecule has 0 aromatic heterocycles. The number of rotatable bonds is 9. The maximum absolute atomic E-state index is 13.1. The molecule has 0 spiro atoms. The highest BCUT2D eigenvalue weighted by molar-refractivity contribution is 6.03. The maximum Gasteiger partial charge on any atom is 0.320 e. The molecule has 2 atom stereocenters. The summed E-state index contributed by atoms with van der Waals surface area (Å²) in [6, 6.07) is 7.07. The summed E-state index contributed by atoms with van der Waals surface area (Å²) in [5.74, 6) is -2.29. The van der Waals surface area contributed by atoms with Crippen LogP contribution in [0, 0.1) is 5.41 Å². The minimum Gasteiger partial charge on any atom is -0.469 e. The monoisotopic (exact) mass is 420 g/mol. The Hall–Kier alpha value is -2.70. The minimum absolute atomic E-state index is 0.0111. The van der Waals surface area contributed by atoms with Gasteiger partial charge in [-0.15, -0.1) is 0 Å². The summed E-state index contributed by atoms with van der Waals surface area (Å²) >= 11 is 0. The predicted molar refractivity (Wildman–Crippen MR) is 111 cm³/mol. The molecule has 0 saturated heterocycles. The van der Waals surface area contributed by atoms with Crippen molar-refractivity contribution >= 4 is 23.7 Å². The van der Waals surface area contributed by atoms with Crippen molar-refractivity contribution in [3.63, 3.8) is 0 Å². The van der Waals surface area contributed by atoms with Gasteiger partial charge in [-0.25, -0.2) is 0 Å². The van der Waals surface area contributed by atoms with Gasteiger partial charge in [-0.3, -0.25) is 19.2 Å². The second-order valence-corrected chi connectivity index (χ2v) is 8.39. The first kappa shape index (κ1) is 25.3. The molecule has 0 bridgehead atoms. The highest BCUT2D eigenvalue weighted by Crippen LogP contribution is 2.33. The van der Waals surface area contributed by atoms with Crippen LogP contribution in [-0.4, -0.2) is 43.0 Å². The van der Waals surface area contributed by atoms with Crippen LogP contribution >= 0.6 is 0 Å². The number of carbonyl (C=O) groups excluding carboxylic acids is 4. The van der Waals surface area contributed by atoms with Gasteiger partial charge in [0.1, 0.15) is 16.8 Å². The van der Waals surface area contributed by atoms with Gasteiger partial charge in [0.2, 0.25) is 0 Å². The van der Waals surface area contributed by atoms with Crippen molar-refractivity contribution < 1.29 is 33.4 Å². The van der Waals surface area contributed by atoms with Gasteiger partial charge in [0.15, 0.2) is 0 Å². The molecule has 0 fully saturated rings. The Kier molecular flexibility index (Phi) is 8.75. The van der Waals surface area contributed by atoms with E-state index in [0.29, 0.717) is 0 Å². The molecule has 0 aliphatic carbocycles. The second-order valence-electron chi connectivity index (χ2n) is 8.39. The zero-order chi connectivity index (χ0) is 23.1. The van der Waals surface area contributed by atoms with Gasteiger partial charge in [0.25, 0.3) is 0 Å². The second kappa shape index (κ2) is 10.4. The Morgan fingerprint density at radius 1 is 1.00 bits per heavy atom. The zero-order valence-electron chi connectivity index (χ0n) is 18.9. The van der Waals surface area contributed by atoms with Crippen molar-refractivity contribution in [1.82, 2.24) is 0 Å². The van der Waals surface area contributed by atoms with E-state index >= 15 is 0 Å². The molecule has 0 saturated carbocycles. The number of esters is 3. The number of ether oxygens (including phenoxy) is 3. The molecule has 1 aromatic rings. The van der Waals surface area contributed by atoms with Gasteiger partial charge < -0.3 is 14.2 Å². The van der Waals surface area contributed by atoms with Gasteiger partial charge in [-0.1, -0.05) is 24.3 Å². The van der Waals surface area contributed by atoms with Crippen molar-refractivity contribution in [2.75, 3.05) is 13.7 Å². The maximum atomic E-state index is 13.1. The largest absolute Gasteiger partial charge is 0.469 e. The predicted octanol–water partition coefficient (Wildman–Crippen LogP) is 3.38. The molecular weight excluding hydrogens is 388 g/mol. The molecule has 7 nitrogen and oxygen atoms in total. The van der Waals surface area contributed by atoms with Gasteiger partial charge >= 0.3 is 17.9 Å². The van der Waals surface area contributed by atoms with Crippen LogP contribution < -0.4 is 0 Å². The average Bonchev–Trinajstić information content (AvgIpc) is 2.64. The normalized spacial score (nSPS) is 14.2. The third-order valence-electron chi connectivity index (χ3n) is 4.84. The highest BCUT2D eigenvalue weighted by atomic mass is 16.6. The number of hydrogen-bond acceptors (Lipinski definition) is 7. The van der Waals surface area contributed by atoms with Crippen LogP contribution in [0.4, 0.5) is 0 Å². The SMILES string of the molecule is COC(=O)C(C)c1ccc(CC(CCOC(C)=O)(C(C)=O)C(=O)OC(C)(C)C)cc1. The van der Waals surface area contributed by atoms with E-state index in [1.807, 2.05) is 0 Å². The van der Waals surface area contributed by atoms with Crippen molar-refractivity contribution in [1.29, 1.82) is 0 Å². The molecule has 30 heavy (non-hydrogen) atoms. The standard InChI is InChI=1S/C23H32O7/c1-15(20(26)28-7)19-10-8-18(9-11-19)14-23(16(2)24,12-13-29-17(3)25)21(27)30-22(4,5)6/h8-11,15H,12-14H2,1-7H3. The number of benzene rings is 1. The fourth-order valence-electron chi connectivity index (χ4n) is 3.04. The molecular formula is C23H32O7. The lowest BCUT2D eigenvalue weighted by molar-refractivity contribution is -0.172. The fraction of sp³-hybridized carbons (Fsp3) is 0.565. The molecule has 166 valence electrons. The minimum atomic E-state index is -1.49. The lowest BCUT2D eigenvalue weighted by Gasteiger charge is -2.32. The summed E-state index contributed by atoms with van der Waals surface area (Å²) in [4.78, 5) is 48.7. The summed E-state index contributed by atoms with van der Waals surface area (Å²) in [5.41, 5.74) is -0.784. The van der Waals surface area contributed by atoms with E-state index in [-0.39, 0.29) is 31.2 Å². The molecule has 2 unspecified atom stereocenters. The number of carbonyl (C=O) groups is 4. The number of methoxy groups -OCH3 is 1. The highest BCUT2D eigenvalue weighted by Gasteiger charge is 2.46.